The fourth-order valence-corrected chi connectivity index (χ4v) is 4.88. The zero-order valence-electron chi connectivity index (χ0n) is 25.3. The van der Waals surface area contributed by atoms with E-state index in [1.807, 2.05) is 0 Å². The summed E-state index contributed by atoms with van der Waals surface area (Å²) in [4.78, 5) is 5.40. The van der Waals surface area contributed by atoms with Crippen LogP contribution in [0.2, 0.25) is 0 Å². The lowest BCUT2D eigenvalue weighted by Crippen LogP contribution is -2.64. The smallest absolute Gasteiger partial charge is 0.175 e. The van der Waals surface area contributed by atoms with Gasteiger partial charge in [-0.2, -0.15) is 0 Å². The zero-order valence-corrected chi connectivity index (χ0v) is 25.3. The second-order valence-electron chi connectivity index (χ2n) is 10.7. The van der Waals surface area contributed by atoms with Gasteiger partial charge in [-0.3, -0.25) is 0 Å². The Balaban J connectivity index is 2.24. The summed E-state index contributed by atoms with van der Waals surface area (Å²) in [6.45, 7) is 3.64. The van der Waals surface area contributed by atoms with Crippen molar-refractivity contribution in [3.8, 4) is 0 Å². The predicted molar refractivity (Wildman–Crippen MR) is 158 cm³/mol. The topological polar surface area (TPSA) is 187 Å². The van der Waals surface area contributed by atoms with Crippen molar-refractivity contribution in [2.75, 3.05) is 46.6 Å². The minimum atomic E-state index is -1.29. The Labute approximate surface area is 245 Å². The summed E-state index contributed by atoms with van der Waals surface area (Å²) in [7, 11) is 1.57. The van der Waals surface area contributed by atoms with E-state index in [0.717, 1.165) is 12.8 Å². The number of nitrogens with one attached hydrogen (secondary N) is 1. The summed E-state index contributed by atoms with van der Waals surface area (Å²) in [5, 5.41) is 31.0. The highest BCUT2D eigenvalue weighted by atomic mass is 16.7. The maximum Gasteiger partial charge on any atom is 0.175 e. The van der Waals surface area contributed by atoms with E-state index in [1.54, 1.807) is 7.11 Å². The summed E-state index contributed by atoms with van der Waals surface area (Å²) in [5.41, 5.74) is 17.1. The van der Waals surface area contributed by atoms with Crippen molar-refractivity contribution < 1.29 is 29.2 Å². The maximum atomic E-state index is 10.6. The first-order valence-electron chi connectivity index (χ1n) is 15.6. The largest absolute Gasteiger partial charge is 0.388 e. The van der Waals surface area contributed by atoms with Gasteiger partial charge in [-0.05, 0) is 17.5 Å². The molecule has 0 spiro atoms. The third-order valence-electron chi connectivity index (χ3n) is 7.41. The van der Waals surface area contributed by atoms with Gasteiger partial charge in [-0.1, -0.05) is 101 Å². The molecule has 0 amide bonds. The van der Waals surface area contributed by atoms with Crippen LogP contribution in [0.25, 0.3) is 20.9 Å². The van der Waals surface area contributed by atoms with E-state index in [0.29, 0.717) is 13.2 Å². The molecule has 1 heterocycles. The summed E-state index contributed by atoms with van der Waals surface area (Å²) < 4.78 is 23.0. The second kappa shape index (κ2) is 26.0. The van der Waals surface area contributed by atoms with Crippen molar-refractivity contribution in [1.29, 1.82) is 0 Å². The van der Waals surface area contributed by atoms with Gasteiger partial charge in [-0.15, -0.1) is 0 Å². The number of aliphatic hydroxyl groups excluding tert-OH is 2. The fraction of sp³-hybridized carbons (Fsp3) is 1.00. The monoisotopic (exact) mass is 585 g/mol. The van der Waals surface area contributed by atoms with Crippen molar-refractivity contribution >= 4 is 0 Å². The summed E-state index contributed by atoms with van der Waals surface area (Å²) in [5.74, 6) is 0. The molecule has 0 radical (unpaired) electrons. The molecule has 1 aliphatic rings. The van der Waals surface area contributed by atoms with Crippen LogP contribution >= 0.6 is 0 Å². The number of ether oxygens (including phenoxy) is 4. The molecule has 238 valence electrons. The van der Waals surface area contributed by atoms with Gasteiger partial charge in [-0.25, -0.2) is 0 Å². The molecule has 41 heavy (non-hydrogen) atoms. The number of aliphatic hydroxyl groups is 2. The maximum absolute atomic E-state index is 10.6. The fourth-order valence-electron chi connectivity index (χ4n) is 4.88. The van der Waals surface area contributed by atoms with E-state index in [4.69, 9.17) is 30.0 Å². The number of nitrogens with zero attached hydrogens (tertiary/aromatic N) is 6. The third-order valence-corrected chi connectivity index (χ3v) is 7.41. The van der Waals surface area contributed by atoms with Gasteiger partial charge in [0.05, 0.1) is 31.9 Å². The van der Waals surface area contributed by atoms with E-state index < -0.39 is 30.6 Å². The molecule has 0 bridgehead atoms. The number of hydrogen-bond acceptors (Lipinski definition) is 9. The number of rotatable bonds is 27. The minimum absolute atomic E-state index is 0.130. The molecular weight excluding hydrogens is 530 g/mol. The average molecular weight is 586 g/mol. The SMILES string of the molecule is CCCCCCCCCCCCCCCCOCC(CO[C@@H]1OC(CN=[N+]=[N-])[C@@H](O)[C@H](O)C1NCCN=[N+]=[N-])OC. The molecule has 0 aromatic heterocycles. The van der Waals surface area contributed by atoms with E-state index in [9.17, 15) is 10.2 Å². The van der Waals surface area contributed by atoms with E-state index in [1.165, 1.54) is 77.0 Å². The quantitative estimate of drug-likeness (QED) is 0.0488. The molecule has 1 fully saturated rings. The molecule has 13 nitrogen and oxygen atoms in total. The molecule has 0 aromatic carbocycles. The van der Waals surface area contributed by atoms with Gasteiger partial charge < -0.3 is 34.5 Å². The number of hydrogen-bond donors (Lipinski definition) is 3. The van der Waals surface area contributed by atoms with Crippen LogP contribution in [0.3, 0.4) is 0 Å². The molecule has 6 atom stereocenters. The first-order chi connectivity index (χ1) is 20.1. The normalized spacial score (nSPS) is 23.1. The lowest BCUT2D eigenvalue weighted by molar-refractivity contribution is -0.268. The third kappa shape index (κ3) is 17.8. The molecule has 0 aromatic rings. The lowest BCUT2D eigenvalue weighted by Gasteiger charge is -2.43. The standard InChI is InChI=1S/C28H55N7O6/c1-3-4-5-6-7-8-9-10-11-12-13-14-15-16-19-39-21-23(38-2)22-40-28-25(31-17-18-32-34-29)27(37)26(36)24(41-28)20-33-35-30/h23-28,31,36-37H,3-22H2,1-2H3/t23?,24?,25?,26-,27-,28-/m1/s1. The van der Waals surface area contributed by atoms with Gasteiger partial charge in [0.2, 0.25) is 0 Å². The first-order valence-corrected chi connectivity index (χ1v) is 15.6. The van der Waals surface area contributed by atoms with Gasteiger partial charge in [0.15, 0.2) is 6.29 Å². The Morgan fingerprint density at radius 2 is 1.41 bits per heavy atom. The Morgan fingerprint density at radius 1 is 0.829 bits per heavy atom. The Bertz CT molecular complexity index is 724. The number of unbranched alkanes of at least 4 members (excludes halogenated alkanes) is 13. The van der Waals surface area contributed by atoms with Crippen molar-refractivity contribution in [3.05, 3.63) is 20.9 Å². The molecule has 1 aliphatic heterocycles. The van der Waals surface area contributed by atoms with Crippen molar-refractivity contribution in [1.82, 2.24) is 5.32 Å². The number of methoxy groups -OCH3 is 1. The van der Waals surface area contributed by atoms with Crippen LogP contribution in [0.4, 0.5) is 0 Å². The summed E-state index contributed by atoms with van der Waals surface area (Å²) in [6.07, 6.45) is 13.6. The Hall–Kier alpha value is -1.66. The van der Waals surface area contributed by atoms with Crippen molar-refractivity contribution in [2.24, 2.45) is 10.2 Å². The second-order valence-corrected chi connectivity index (χ2v) is 10.7. The van der Waals surface area contributed by atoms with E-state index >= 15 is 0 Å². The summed E-state index contributed by atoms with van der Waals surface area (Å²) in [6, 6.07) is -0.796. The van der Waals surface area contributed by atoms with Crippen LogP contribution in [0.5, 0.6) is 0 Å². The predicted octanol–water partition coefficient (Wildman–Crippen LogP) is 5.54. The zero-order chi connectivity index (χ0) is 30.0. The van der Waals surface area contributed by atoms with E-state index in [-0.39, 0.29) is 32.3 Å². The van der Waals surface area contributed by atoms with Crippen LogP contribution in [0.1, 0.15) is 96.8 Å². The number of azide groups is 2. The lowest BCUT2D eigenvalue weighted by atomic mass is 9.96. The molecule has 3 unspecified atom stereocenters. The Kier molecular flexibility index (Phi) is 23.7. The minimum Gasteiger partial charge on any atom is -0.388 e. The van der Waals surface area contributed by atoms with Crippen molar-refractivity contribution in [2.45, 2.75) is 134 Å². The van der Waals surface area contributed by atoms with Crippen LogP contribution in [0, 0.1) is 0 Å². The average Bonchev–Trinajstić information content (AvgIpc) is 2.98. The highest BCUT2D eigenvalue weighted by Gasteiger charge is 2.44. The van der Waals surface area contributed by atoms with Crippen LogP contribution < -0.4 is 5.32 Å². The molecule has 1 rings (SSSR count). The van der Waals surface area contributed by atoms with Gasteiger partial charge >= 0.3 is 0 Å². The molecule has 13 heteroatoms. The summed E-state index contributed by atoms with van der Waals surface area (Å²) >= 11 is 0. The molecule has 3 N–H and O–H groups in total. The first kappa shape index (κ1) is 37.4. The van der Waals surface area contributed by atoms with Gasteiger partial charge in [0.1, 0.15) is 18.3 Å². The van der Waals surface area contributed by atoms with Crippen LogP contribution in [0.15, 0.2) is 10.2 Å². The highest BCUT2D eigenvalue weighted by Crippen LogP contribution is 2.23. The molecule has 0 saturated carbocycles. The molecule has 1 saturated heterocycles. The van der Waals surface area contributed by atoms with Crippen LogP contribution in [-0.2, 0) is 18.9 Å². The van der Waals surface area contributed by atoms with Crippen LogP contribution in [-0.4, -0.2) is 93.5 Å². The van der Waals surface area contributed by atoms with E-state index in [2.05, 4.69) is 32.3 Å². The highest BCUT2D eigenvalue weighted by molar-refractivity contribution is 4.94. The van der Waals surface area contributed by atoms with Gasteiger partial charge in [0.25, 0.3) is 0 Å². The van der Waals surface area contributed by atoms with Crippen molar-refractivity contribution in [3.63, 3.8) is 0 Å². The Morgan fingerprint density at radius 3 is 1.98 bits per heavy atom. The van der Waals surface area contributed by atoms with Gasteiger partial charge in [0, 0.05) is 36.6 Å². The molecule has 0 aliphatic carbocycles. The molecular formula is C28H55N7O6.